The van der Waals surface area contributed by atoms with Gasteiger partial charge in [-0.25, -0.2) is 0 Å². The second kappa shape index (κ2) is 6.06. The number of rotatable bonds is 4. The third kappa shape index (κ3) is 3.18. The Morgan fingerprint density at radius 1 is 1.16 bits per heavy atom. The van der Waals surface area contributed by atoms with E-state index in [1.165, 1.54) is 37.7 Å². The lowest BCUT2D eigenvalue weighted by Crippen LogP contribution is -2.21. The van der Waals surface area contributed by atoms with Crippen molar-refractivity contribution in [3.63, 3.8) is 0 Å². The molecule has 0 bridgehead atoms. The molecule has 1 saturated carbocycles. The molecule has 1 aliphatic heterocycles. The molecule has 19 heavy (non-hydrogen) atoms. The highest BCUT2D eigenvalue weighted by Gasteiger charge is 2.22. The third-order valence-corrected chi connectivity index (χ3v) is 4.63. The molecule has 104 valence electrons. The molecule has 0 spiro atoms. The first kappa shape index (κ1) is 13.1. The number of aliphatic hydroxyl groups excluding tert-OH is 1. The van der Waals surface area contributed by atoms with Gasteiger partial charge in [0.2, 0.25) is 0 Å². The van der Waals surface area contributed by atoms with Crippen molar-refractivity contribution in [3.05, 3.63) is 35.4 Å². The van der Waals surface area contributed by atoms with Crippen LogP contribution in [-0.4, -0.2) is 17.8 Å². The molecule has 1 aliphatic carbocycles. The topological polar surface area (TPSA) is 29.5 Å². The van der Waals surface area contributed by atoms with Crippen LogP contribution in [0.2, 0.25) is 0 Å². The van der Waals surface area contributed by atoms with Crippen LogP contribution in [0.4, 0.5) is 0 Å². The Hall–Kier alpha value is -0.860. The molecular formula is C17H24O2. The molecule has 2 atom stereocenters. The Labute approximate surface area is 115 Å². The highest BCUT2D eigenvalue weighted by molar-refractivity contribution is 5.29. The van der Waals surface area contributed by atoms with Gasteiger partial charge in [0.05, 0.1) is 12.2 Å². The fourth-order valence-corrected chi connectivity index (χ4v) is 3.14. The van der Waals surface area contributed by atoms with Gasteiger partial charge >= 0.3 is 0 Å². The monoisotopic (exact) mass is 260 g/mol. The van der Waals surface area contributed by atoms with E-state index in [0.29, 0.717) is 0 Å². The lowest BCUT2D eigenvalue weighted by molar-refractivity contribution is -0.0155. The van der Waals surface area contributed by atoms with Gasteiger partial charge in [-0.3, -0.25) is 0 Å². The van der Waals surface area contributed by atoms with E-state index in [1.807, 2.05) is 0 Å². The first-order valence-corrected chi connectivity index (χ1v) is 7.72. The second-order valence-electron chi connectivity index (χ2n) is 6.04. The summed E-state index contributed by atoms with van der Waals surface area (Å²) >= 11 is 0. The van der Waals surface area contributed by atoms with E-state index < -0.39 is 0 Å². The Balaban J connectivity index is 1.63. The Kier molecular flexibility index (Phi) is 4.19. The third-order valence-electron chi connectivity index (χ3n) is 4.63. The van der Waals surface area contributed by atoms with Gasteiger partial charge < -0.3 is 9.84 Å². The van der Waals surface area contributed by atoms with Gasteiger partial charge in [0.1, 0.15) is 0 Å². The van der Waals surface area contributed by atoms with E-state index in [1.54, 1.807) is 0 Å². The van der Waals surface area contributed by atoms with Crippen LogP contribution in [-0.2, 0) is 4.74 Å². The van der Waals surface area contributed by atoms with Crippen molar-refractivity contribution in [2.24, 2.45) is 0 Å². The van der Waals surface area contributed by atoms with Gasteiger partial charge in [-0.2, -0.15) is 0 Å². The summed E-state index contributed by atoms with van der Waals surface area (Å²) in [7, 11) is 0. The highest BCUT2D eigenvalue weighted by atomic mass is 16.5. The fraction of sp³-hybridized carbons (Fsp3) is 0.647. The van der Waals surface area contributed by atoms with E-state index in [9.17, 15) is 5.11 Å². The smallest absolute Gasteiger partial charge is 0.0814 e. The van der Waals surface area contributed by atoms with Crippen LogP contribution in [0.1, 0.15) is 68.1 Å². The minimum atomic E-state index is -0.372. The summed E-state index contributed by atoms with van der Waals surface area (Å²) in [6, 6.07) is 8.55. The van der Waals surface area contributed by atoms with Crippen LogP contribution in [0, 0.1) is 0 Å². The van der Waals surface area contributed by atoms with Crippen LogP contribution >= 0.6 is 0 Å². The quantitative estimate of drug-likeness (QED) is 0.888. The Morgan fingerprint density at radius 2 is 2.05 bits per heavy atom. The van der Waals surface area contributed by atoms with Crippen molar-refractivity contribution in [3.8, 4) is 0 Å². The van der Waals surface area contributed by atoms with Crippen molar-refractivity contribution in [1.29, 1.82) is 0 Å². The van der Waals surface area contributed by atoms with Gasteiger partial charge in [-0.1, -0.05) is 30.7 Å². The minimum absolute atomic E-state index is 0.246. The summed E-state index contributed by atoms with van der Waals surface area (Å²) < 4.78 is 5.72. The number of aliphatic hydroxyl groups is 1. The lowest BCUT2D eigenvalue weighted by Gasteiger charge is -2.27. The zero-order valence-corrected chi connectivity index (χ0v) is 11.6. The van der Waals surface area contributed by atoms with E-state index in [0.717, 1.165) is 30.9 Å². The molecule has 0 aromatic heterocycles. The number of ether oxygens (including phenoxy) is 1. The van der Waals surface area contributed by atoms with Crippen molar-refractivity contribution in [2.45, 2.75) is 63.1 Å². The summed E-state index contributed by atoms with van der Waals surface area (Å²) in [5.74, 6) is 0.734. The molecular weight excluding hydrogens is 236 g/mol. The molecule has 1 aromatic rings. The molecule has 0 amide bonds. The van der Waals surface area contributed by atoms with Gasteiger partial charge in [-0.15, -0.1) is 0 Å². The molecule has 0 radical (unpaired) electrons. The summed E-state index contributed by atoms with van der Waals surface area (Å²) in [5.41, 5.74) is 2.48. The van der Waals surface area contributed by atoms with Gasteiger partial charge in [0.25, 0.3) is 0 Å². The van der Waals surface area contributed by atoms with Crippen LogP contribution < -0.4 is 0 Å². The van der Waals surface area contributed by atoms with Crippen LogP contribution in [0.25, 0.3) is 0 Å². The molecule has 2 heteroatoms. The fourth-order valence-electron chi connectivity index (χ4n) is 3.14. The standard InChI is InChI=1S/C17H24O2/c18-17(12-16-9-1-2-10-19-16)15-8-4-7-14(11-15)13-5-3-6-13/h4,7-8,11,13,16-18H,1-3,5-6,9-10,12H2. The normalized spacial score (nSPS) is 25.8. The highest BCUT2D eigenvalue weighted by Crippen LogP contribution is 2.37. The summed E-state index contributed by atoms with van der Waals surface area (Å²) in [6.07, 6.45) is 8.10. The predicted octanol–water partition coefficient (Wildman–Crippen LogP) is 3.95. The number of benzene rings is 1. The number of hydrogen-bond acceptors (Lipinski definition) is 2. The summed E-state index contributed by atoms with van der Waals surface area (Å²) in [4.78, 5) is 0. The molecule has 2 nitrogen and oxygen atoms in total. The van der Waals surface area contributed by atoms with E-state index in [4.69, 9.17) is 4.74 Å². The number of hydrogen-bond donors (Lipinski definition) is 1. The Morgan fingerprint density at radius 3 is 2.74 bits per heavy atom. The van der Waals surface area contributed by atoms with E-state index in [-0.39, 0.29) is 12.2 Å². The average Bonchev–Trinajstić information content (AvgIpc) is 2.38. The van der Waals surface area contributed by atoms with Crippen molar-refractivity contribution >= 4 is 0 Å². The van der Waals surface area contributed by atoms with E-state index >= 15 is 0 Å². The molecule has 1 heterocycles. The first-order chi connectivity index (χ1) is 9.33. The van der Waals surface area contributed by atoms with Crippen LogP contribution in [0.5, 0.6) is 0 Å². The SMILES string of the molecule is OC(CC1CCCCO1)c1cccc(C2CCC2)c1. The molecule has 2 aliphatic rings. The van der Waals surface area contributed by atoms with Gasteiger partial charge in [-0.05, 0) is 49.1 Å². The van der Waals surface area contributed by atoms with Crippen molar-refractivity contribution < 1.29 is 9.84 Å². The van der Waals surface area contributed by atoms with E-state index in [2.05, 4.69) is 24.3 Å². The summed E-state index contributed by atoms with van der Waals surface area (Å²) in [5, 5.41) is 10.4. The van der Waals surface area contributed by atoms with Gasteiger partial charge in [0.15, 0.2) is 0 Å². The zero-order valence-electron chi connectivity index (χ0n) is 11.6. The first-order valence-electron chi connectivity index (χ1n) is 7.72. The predicted molar refractivity (Wildman–Crippen MR) is 76.2 cm³/mol. The second-order valence-corrected chi connectivity index (χ2v) is 6.04. The van der Waals surface area contributed by atoms with Crippen LogP contribution in [0.15, 0.2) is 24.3 Å². The van der Waals surface area contributed by atoms with Crippen molar-refractivity contribution in [1.82, 2.24) is 0 Å². The molecule has 2 fully saturated rings. The molecule has 1 N–H and O–H groups in total. The average molecular weight is 260 g/mol. The minimum Gasteiger partial charge on any atom is -0.388 e. The zero-order chi connectivity index (χ0) is 13.1. The maximum absolute atomic E-state index is 10.4. The van der Waals surface area contributed by atoms with Gasteiger partial charge in [0, 0.05) is 13.0 Å². The Bertz CT molecular complexity index is 405. The van der Waals surface area contributed by atoms with Crippen molar-refractivity contribution in [2.75, 3.05) is 6.61 Å². The molecule has 3 rings (SSSR count). The maximum Gasteiger partial charge on any atom is 0.0814 e. The largest absolute Gasteiger partial charge is 0.388 e. The molecule has 1 aromatic carbocycles. The van der Waals surface area contributed by atoms with Crippen LogP contribution in [0.3, 0.4) is 0 Å². The maximum atomic E-state index is 10.4. The summed E-state index contributed by atoms with van der Waals surface area (Å²) in [6.45, 7) is 0.861. The molecule has 1 saturated heterocycles. The molecule has 2 unspecified atom stereocenters. The lowest BCUT2D eigenvalue weighted by atomic mass is 9.79.